The standard InChI is InChI=1S/C17H17ClN4O3/c18-11-4-1-2-5-12(11)22-15(10-7-8-10)19-14(20-22)16(23)21-9-3-6-13(21)17(24)25/h1-2,4-5,10,13H,3,6-9H2,(H,24,25)/t13-/m1/s1. The number of amides is 1. The van der Waals surface area contributed by atoms with Crippen molar-refractivity contribution in [1.29, 1.82) is 0 Å². The van der Waals surface area contributed by atoms with Gasteiger partial charge in [0.25, 0.3) is 5.91 Å². The third-order valence-corrected chi connectivity index (χ3v) is 4.96. The molecule has 1 aromatic heterocycles. The molecule has 2 aromatic rings. The molecule has 2 heterocycles. The molecule has 0 bridgehead atoms. The van der Waals surface area contributed by atoms with Crippen molar-refractivity contribution in [3.8, 4) is 5.69 Å². The smallest absolute Gasteiger partial charge is 0.326 e. The van der Waals surface area contributed by atoms with E-state index in [1.807, 2.05) is 18.2 Å². The first-order valence-corrected chi connectivity index (χ1v) is 8.69. The van der Waals surface area contributed by atoms with Crippen molar-refractivity contribution in [1.82, 2.24) is 19.7 Å². The normalized spacial score (nSPS) is 20.0. The van der Waals surface area contributed by atoms with Gasteiger partial charge in [-0.25, -0.2) is 14.5 Å². The second-order valence-electron chi connectivity index (χ2n) is 6.43. The predicted octanol–water partition coefficient (Wildman–Crippen LogP) is 2.49. The number of rotatable bonds is 4. The predicted molar refractivity (Wildman–Crippen MR) is 90.0 cm³/mol. The summed E-state index contributed by atoms with van der Waals surface area (Å²) < 4.78 is 1.62. The Bertz CT molecular complexity index is 846. The first kappa shape index (κ1) is 16.1. The maximum atomic E-state index is 12.8. The first-order chi connectivity index (χ1) is 12.1. The molecule has 1 aliphatic carbocycles. The summed E-state index contributed by atoms with van der Waals surface area (Å²) in [4.78, 5) is 29.9. The fourth-order valence-corrected chi connectivity index (χ4v) is 3.43. The molecule has 7 nitrogen and oxygen atoms in total. The molecular formula is C17H17ClN4O3. The Balaban J connectivity index is 1.72. The summed E-state index contributed by atoms with van der Waals surface area (Å²) in [6.45, 7) is 0.412. The number of aliphatic carboxylic acids is 1. The number of carbonyl (C=O) groups excluding carboxylic acids is 1. The van der Waals surface area contributed by atoms with Gasteiger partial charge in [0.15, 0.2) is 0 Å². The van der Waals surface area contributed by atoms with Crippen LogP contribution in [0.15, 0.2) is 24.3 Å². The van der Waals surface area contributed by atoms with Crippen LogP contribution in [0.3, 0.4) is 0 Å². The molecule has 0 spiro atoms. The van der Waals surface area contributed by atoms with Gasteiger partial charge in [-0.3, -0.25) is 4.79 Å². The second kappa shape index (κ2) is 6.15. The molecule has 130 valence electrons. The minimum absolute atomic E-state index is 0.0370. The monoisotopic (exact) mass is 360 g/mol. The lowest BCUT2D eigenvalue weighted by Crippen LogP contribution is -2.40. The van der Waals surface area contributed by atoms with Gasteiger partial charge in [-0.1, -0.05) is 23.7 Å². The van der Waals surface area contributed by atoms with E-state index in [0.29, 0.717) is 35.9 Å². The number of aromatic nitrogens is 3. The number of carboxylic acid groups (broad SMARTS) is 1. The van der Waals surface area contributed by atoms with E-state index in [9.17, 15) is 14.7 Å². The topological polar surface area (TPSA) is 88.3 Å². The summed E-state index contributed by atoms with van der Waals surface area (Å²) in [7, 11) is 0. The van der Waals surface area contributed by atoms with Crippen LogP contribution in [0.5, 0.6) is 0 Å². The van der Waals surface area contributed by atoms with Crippen LogP contribution >= 0.6 is 11.6 Å². The van der Waals surface area contributed by atoms with E-state index < -0.39 is 17.9 Å². The molecule has 1 saturated carbocycles. The summed E-state index contributed by atoms with van der Waals surface area (Å²) in [5.74, 6) is -0.409. The largest absolute Gasteiger partial charge is 0.480 e. The fraction of sp³-hybridized carbons (Fsp3) is 0.412. The number of hydrogen-bond acceptors (Lipinski definition) is 4. The minimum Gasteiger partial charge on any atom is -0.480 e. The maximum Gasteiger partial charge on any atom is 0.326 e. The number of halogens is 1. The highest BCUT2D eigenvalue weighted by Gasteiger charge is 2.38. The summed E-state index contributed by atoms with van der Waals surface area (Å²) in [5, 5.41) is 14.2. The number of para-hydroxylation sites is 1. The zero-order chi connectivity index (χ0) is 17.6. The molecule has 2 aliphatic rings. The van der Waals surface area contributed by atoms with Gasteiger partial charge in [0.1, 0.15) is 11.9 Å². The van der Waals surface area contributed by atoms with Crippen molar-refractivity contribution >= 4 is 23.5 Å². The number of carbonyl (C=O) groups is 2. The molecule has 1 atom stereocenters. The lowest BCUT2D eigenvalue weighted by molar-refractivity contribution is -0.141. The molecule has 25 heavy (non-hydrogen) atoms. The highest BCUT2D eigenvalue weighted by atomic mass is 35.5. The summed E-state index contributed by atoms with van der Waals surface area (Å²) in [5.41, 5.74) is 0.675. The Hall–Kier alpha value is -2.41. The number of likely N-dealkylation sites (tertiary alicyclic amines) is 1. The van der Waals surface area contributed by atoms with Crippen LogP contribution in [0.2, 0.25) is 5.02 Å². The molecule has 8 heteroatoms. The number of nitrogens with zero attached hydrogens (tertiary/aromatic N) is 4. The Kier molecular flexibility index (Phi) is 3.95. The number of benzene rings is 1. The Morgan fingerprint density at radius 3 is 2.64 bits per heavy atom. The molecule has 1 aromatic carbocycles. The van der Waals surface area contributed by atoms with Gasteiger partial charge in [0, 0.05) is 12.5 Å². The highest BCUT2D eigenvalue weighted by Crippen LogP contribution is 2.40. The fourth-order valence-electron chi connectivity index (χ4n) is 3.22. The maximum absolute atomic E-state index is 12.8. The molecular weight excluding hydrogens is 344 g/mol. The molecule has 1 aliphatic heterocycles. The Morgan fingerprint density at radius 1 is 1.20 bits per heavy atom. The summed E-state index contributed by atoms with van der Waals surface area (Å²) in [6.07, 6.45) is 3.13. The van der Waals surface area contributed by atoms with Gasteiger partial charge in [-0.2, -0.15) is 0 Å². The van der Waals surface area contributed by atoms with Crippen molar-refractivity contribution in [3.05, 3.63) is 40.9 Å². The van der Waals surface area contributed by atoms with Crippen molar-refractivity contribution in [3.63, 3.8) is 0 Å². The molecule has 2 fully saturated rings. The lowest BCUT2D eigenvalue weighted by Gasteiger charge is -2.19. The van der Waals surface area contributed by atoms with Crippen LogP contribution in [-0.4, -0.2) is 49.2 Å². The van der Waals surface area contributed by atoms with E-state index in [1.54, 1.807) is 10.7 Å². The van der Waals surface area contributed by atoms with Gasteiger partial charge in [0.2, 0.25) is 5.82 Å². The average Bonchev–Trinajstić information content (AvgIpc) is 3.16. The molecule has 0 radical (unpaired) electrons. The minimum atomic E-state index is -0.987. The summed E-state index contributed by atoms with van der Waals surface area (Å²) in [6, 6.07) is 6.46. The van der Waals surface area contributed by atoms with Crippen LogP contribution in [0, 0.1) is 0 Å². The Labute approximate surface area is 149 Å². The van der Waals surface area contributed by atoms with Crippen LogP contribution in [0.1, 0.15) is 48.0 Å². The van der Waals surface area contributed by atoms with Crippen LogP contribution < -0.4 is 0 Å². The van der Waals surface area contributed by atoms with Crippen LogP contribution in [-0.2, 0) is 4.79 Å². The molecule has 1 amide bonds. The quantitative estimate of drug-likeness (QED) is 0.904. The van der Waals surface area contributed by atoms with Crippen molar-refractivity contribution in [2.75, 3.05) is 6.54 Å². The van der Waals surface area contributed by atoms with E-state index in [1.165, 1.54) is 4.90 Å². The lowest BCUT2D eigenvalue weighted by atomic mass is 10.2. The van der Waals surface area contributed by atoms with Crippen LogP contribution in [0.4, 0.5) is 0 Å². The SMILES string of the molecule is O=C(O)[C@H]1CCCN1C(=O)c1nc(C2CC2)n(-c2ccccc2Cl)n1. The average molecular weight is 361 g/mol. The van der Waals surface area contributed by atoms with Crippen molar-refractivity contribution < 1.29 is 14.7 Å². The van der Waals surface area contributed by atoms with Crippen molar-refractivity contribution in [2.45, 2.75) is 37.6 Å². The van der Waals surface area contributed by atoms with Crippen molar-refractivity contribution in [2.24, 2.45) is 0 Å². The zero-order valence-electron chi connectivity index (χ0n) is 13.4. The van der Waals surface area contributed by atoms with Gasteiger partial charge in [0.05, 0.1) is 10.7 Å². The van der Waals surface area contributed by atoms with E-state index in [4.69, 9.17) is 11.6 Å². The number of carboxylic acids is 1. The van der Waals surface area contributed by atoms with E-state index in [0.717, 1.165) is 12.8 Å². The third-order valence-electron chi connectivity index (χ3n) is 4.65. The molecule has 0 unspecified atom stereocenters. The van der Waals surface area contributed by atoms with Gasteiger partial charge < -0.3 is 10.0 Å². The van der Waals surface area contributed by atoms with Gasteiger partial charge in [-0.15, -0.1) is 5.10 Å². The second-order valence-corrected chi connectivity index (χ2v) is 6.83. The van der Waals surface area contributed by atoms with Crippen LogP contribution in [0.25, 0.3) is 5.69 Å². The summed E-state index contributed by atoms with van der Waals surface area (Å²) >= 11 is 6.27. The van der Waals surface area contributed by atoms with Gasteiger partial charge >= 0.3 is 5.97 Å². The van der Waals surface area contributed by atoms with E-state index in [-0.39, 0.29) is 11.7 Å². The zero-order valence-corrected chi connectivity index (χ0v) is 14.2. The highest BCUT2D eigenvalue weighted by molar-refractivity contribution is 6.32. The molecule has 1 N–H and O–H groups in total. The molecule has 4 rings (SSSR count). The van der Waals surface area contributed by atoms with Gasteiger partial charge in [-0.05, 0) is 37.8 Å². The molecule has 1 saturated heterocycles. The number of hydrogen-bond donors (Lipinski definition) is 1. The third kappa shape index (κ3) is 2.89. The Morgan fingerprint density at radius 2 is 1.96 bits per heavy atom. The van der Waals surface area contributed by atoms with E-state index in [2.05, 4.69) is 10.1 Å². The van der Waals surface area contributed by atoms with E-state index >= 15 is 0 Å². The first-order valence-electron chi connectivity index (χ1n) is 8.32.